The third-order valence-electron chi connectivity index (χ3n) is 5.18. The lowest BCUT2D eigenvalue weighted by molar-refractivity contribution is -0.149. The first kappa shape index (κ1) is 19.8. The Hall–Kier alpha value is -2.97. The largest absolute Gasteiger partial charge is 0.480 e. The van der Waals surface area contributed by atoms with Crippen LogP contribution in [0.25, 0.3) is 0 Å². The molecule has 0 bridgehead atoms. The molecule has 0 aromatic heterocycles. The van der Waals surface area contributed by atoms with Crippen molar-refractivity contribution in [1.29, 1.82) is 0 Å². The lowest BCUT2D eigenvalue weighted by atomic mass is 10.1. The molecule has 2 aliphatic heterocycles. The van der Waals surface area contributed by atoms with Gasteiger partial charge in [0.15, 0.2) is 0 Å². The number of nitrogens with zero attached hydrogens (tertiary/aromatic N) is 2. The van der Waals surface area contributed by atoms with Crippen LogP contribution in [-0.2, 0) is 19.2 Å². The van der Waals surface area contributed by atoms with E-state index in [4.69, 9.17) is 0 Å². The Morgan fingerprint density at radius 1 is 1.25 bits per heavy atom. The van der Waals surface area contributed by atoms with Crippen LogP contribution in [0.2, 0.25) is 0 Å². The van der Waals surface area contributed by atoms with E-state index in [1.54, 1.807) is 0 Å². The highest BCUT2D eigenvalue weighted by Gasteiger charge is 2.39. The van der Waals surface area contributed by atoms with Crippen molar-refractivity contribution in [2.75, 3.05) is 18.0 Å². The number of carbonyl (C=O) groups excluding carboxylic acids is 3. The minimum absolute atomic E-state index is 0.00835. The topological polar surface area (TPSA) is 107 Å². The first-order valence-electron chi connectivity index (χ1n) is 9.17. The summed E-state index contributed by atoms with van der Waals surface area (Å²) in [6, 6.07) is 3.67. The maximum Gasteiger partial charge on any atom is 0.326 e. The van der Waals surface area contributed by atoms with Crippen LogP contribution in [0.4, 0.5) is 10.1 Å². The van der Waals surface area contributed by atoms with Gasteiger partial charge in [0.05, 0.1) is 5.92 Å². The van der Waals surface area contributed by atoms with E-state index in [1.807, 2.05) is 0 Å². The Bertz CT molecular complexity index is 797. The molecule has 3 amide bonds. The molecule has 8 nitrogen and oxygen atoms in total. The van der Waals surface area contributed by atoms with Gasteiger partial charge in [-0.2, -0.15) is 0 Å². The summed E-state index contributed by atoms with van der Waals surface area (Å²) in [7, 11) is 0. The summed E-state index contributed by atoms with van der Waals surface area (Å²) in [6.45, 7) is 1.99. The molecular weight excluding hydrogens is 369 g/mol. The van der Waals surface area contributed by atoms with E-state index in [9.17, 15) is 28.7 Å². The zero-order valence-corrected chi connectivity index (χ0v) is 15.4. The van der Waals surface area contributed by atoms with E-state index in [1.165, 1.54) is 41.0 Å². The monoisotopic (exact) mass is 391 g/mol. The molecule has 28 heavy (non-hydrogen) atoms. The molecular formula is C19H22FN3O5. The van der Waals surface area contributed by atoms with E-state index in [0.29, 0.717) is 25.1 Å². The first-order chi connectivity index (χ1) is 13.3. The quantitative estimate of drug-likeness (QED) is 0.771. The maximum atomic E-state index is 13.1. The lowest BCUT2D eigenvalue weighted by Gasteiger charge is -2.26. The average molecular weight is 391 g/mol. The number of nitrogens with one attached hydrogen (secondary N) is 1. The normalized spacial score (nSPS) is 23.0. The van der Waals surface area contributed by atoms with Gasteiger partial charge in [-0.05, 0) is 44.0 Å². The Morgan fingerprint density at radius 2 is 1.93 bits per heavy atom. The molecule has 2 aliphatic rings. The molecule has 1 aromatic rings. The maximum absolute atomic E-state index is 13.1. The highest BCUT2D eigenvalue weighted by atomic mass is 19.1. The van der Waals surface area contributed by atoms with Gasteiger partial charge in [0.2, 0.25) is 17.7 Å². The number of carboxylic acid groups (broad SMARTS) is 1. The molecule has 0 unspecified atom stereocenters. The Morgan fingerprint density at radius 3 is 2.57 bits per heavy atom. The summed E-state index contributed by atoms with van der Waals surface area (Å²) < 4.78 is 13.1. The second-order valence-electron chi connectivity index (χ2n) is 7.14. The minimum atomic E-state index is -1.05. The van der Waals surface area contributed by atoms with Crippen LogP contribution >= 0.6 is 0 Å². The summed E-state index contributed by atoms with van der Waals surface area (Å²) in [5, 5.41) is 11.8. The Labute approximate surface area is 161 Å². The number of hydrogen-bond acceptors (Lipinski definition) is 4. The van der Waals surface area contributed by atoms with Gasteiger partial charge in [0, 0.05) is 25.2 Å². The van der Waals surface area contributed by atoms with Gasteiger partial charge in [-0.15, -0.1) is 0 Å². The molecule has 3 atom stereocenters. The minimum Gasteiger partial charge on any atom is -0.480 e. The lowest BCUT2D eigenvalue weighted by Crippen LogP contribution is -2.51. The zero-order chi connectivity index (χ0) is 20.4. The standard InChI is InChI=1S/C19H22FN3O5/c1-11(18(26)22-8-2-3-15(22)19(27)28)21-17(25)12-9-16(24)23(10-12)14-6-4-13(20)5-7-14/h4-7,11-12,15H,2-3,8-10H2,1H3,(H,21,25)(H,27,28)/t11-,12+,15-/m0/s1. The van der Waals surface area contributed by atoms with Crippen LogP contribution < -0.4 is 10.2 Å². The van der Waals surface area contributed by atoms with Crippen LogP contribution in [0.1, 0.15) is 26.2 Å². The van der Waals surface area contributed by atoms with Gasteiger partial charge >= 0.3 is 5.97 Å². The smallest absolute Gasteiger partial charge is 0.326 e. The van der Waals surface area contributed by atoms with Gasteiger partial charge in [-0.3, -0.25) is 14.4 Å². The van der Waals surface area contributed by atoms with Crippen molar-refractivity contribution < 1.29 is 28.7 Å². The van der Waals surface area contributed by atoms with E-state index < -0.39 is 41.6 Å². The number of anilines is 1. The SMILES string of the molecule is C[C@H](NC(=O)[C@@H]1CC(=O)N(c2ccc(F)cc2)C1)C(=O)N1CCC[C@H]1C(=O)O. The number of aliphatic carboxylic acids is 1. The second-order valence-corrected chi connectivity index (χ2v) is 7.14. The van der Waals surface area contributed by atoms with Crippen molar-refractivity contribution in [2.24, 2.45) is 5.92 Å². The molecule has 0 aliphatic carbocycles. The molecule has 0 radical (unpaired) electrons. The van der Waals surface area contributed by atoms with Gasteiger partial charge in [0.1, 0.15) is 17.9 Å². The summed E-state index contributed by atoms with van der Waals surface area (Å²) in [5.41, 5.74) is 0.507. The molecule has 2 heterocycles. The highest BCUT2D eigenvalue weighted by molar-refractivity contribution is 6.01. The molecule has 2 N–H and O–H groups in total. The fraction of sp³-hybridized carbons (Fsp3) is 0.474. The van der Waals surface area contributed by atoms with Crippen molar-refractivity contribution in [3.8, 4) is 0 Å². The number of halogens is 1. The number of benzene rings is 1. The van der Waals surface area contributed by atoms with E-state index in [0.717, 1.165) is 0 Å². The van der Waals surface area contributed by atoms with Crippen molar-refractivity contribution in [1.82, 2.24) is 10.2 Å². The summed E-state index contributed by atoms with van der Waals surface area (Å²) in [4.78, 5) is 51.2. The number of carbonyl (C=O) groups is 4. The number of carboxylic acids is 1. The summed E-state index contributed by atoms with van der Waals surface area (Å²) >= 11 is 0. The molecule has 1 aromatic carbocycles. The molecule has 150 valence electrons. The number of likely N-dealkylation sites (tertiary alicyclic amines) is 1. The fourth-order valence-corrected chi connectivity index (χ4v) is 3.68. The number of rotatable bonds is 5. The van der Waals surface area contributed by atoms with E-state index in [-0.39, 0.29) is 18.9 Å². The number of amides is 3. The summed E-state index contributed by atoms with van der Waals surface area (Å²) in [5.74, 6) is -3.25. The number of hydrogen-bond donors (Lipinski definition) is 2. The third-order valence-corrected chi connectivity index (χ3v) is 5.18. The van der Waals surface area contributed by atoms with Gasteiger partial charge in [-0.1, -0.05) is 0 Å². The molecule has 2 fully saturated rings. The molecule has 9 heteroatoms. The molecule has 0 saturated carbocycles. The van der Waals surface area contributed by atoms with Crippen LogP contribution in [-0.4, -0.2) is 58.9 Å². The third kappa shape index (κ3) is 3.97. The Kier molecular flexibility index (Phi) is 5.62. The van der Waals surface area contributed by atoms with Crippen molar-refractivity contribution in [2.45, 2.75) is 38.3 Å². The second kappa shape index (κ2) is 7.95. The van der Waals surface area contributed by atoms with E-state index >= 15 is 0 Å². The van der Waals surface area contributed by atoms with E-state index in [2.05, 4.69) is 5.32 Å². The van der Waals surface area contributed by atoms with Crippen molar-refractivity contribution >= 4 is 29.4 Å². The Balaban J connectivity index is 1.60. The highest BCUT2D eigenvalue weighted by Crippen LogP contribution is 2.25. The molecule has 2 saturated heterocycles. The van der Waals surface area contributed by atoms with Gasteiger partial charge in [-0.25, -0.2) is 9.18 Å². The van der Waals surface area contributed by atoms with Crippen LogP contribution in [0.15, 0.2) is 24.3 Å². The molecule has 3 rings (SSSR count). The zero-order valence-electron chi connectivity index (χ0n) is 15.4. The van der Waals surface area contributed by atoms with Crippen LogP contribution in [0, 0.1) is 11.7 Å². The first-order valence-corrected chi connectivity index (χ1v) is 9.17. The predicted molar refractivity (Wildman–Crippen MR) is 96.8 cm³/mol. The fourth-order valence-electron chi connectivity index (χ4n) is 3.68. The summed E-state index contributed by atoms with van der Waals surface area (Å²) in [6.07, 6.45) is 0.990. The van der Waals surface area contributed by atoms with Crippen LogP contribution in [0.5, 0.6) is 0 Å². The van der Waals surface area contributed by atoms with Crippen molar-refractivity contribution in [3.63, 3.8) is 0 Å². The van der Waals surface area contributed by atoms with Gasteiger partial charge in [0.25, 0.3) is 0 Å². The van der Waals surface area contributed by atoms with Crippen LogP contribution in [0.3, 0.4) is 0 Å². The van der Waals surface area contributed by atoms with Gasteiger partial charge < -0.3 is 20.2 Å². The average Bonchev–Trinajstić information content (AvgIpc) is 3.28. The predicted octanol–water partition coefficient (Wildman–Crippen LogP) is 0.759. The molecule has 0 spiro atoms. The van der Waals surface area contributed by atoms with Crippen molar-refractivity contribution in [3.05, 3.63) is 30.1 Å².